The number of non-ortho nitro benzene ring substituents is 1. The van der Waals surface area contributed by atoms with Crippen LogP contribution in [0.15, 0.2) is 30.5 Å². The van der Waals surface area contributed by atoms with Crippen LogP contribution in [0, 0.1) is 27.9 Å². The first kappa shape index (κ1) is 58.4. The van der Waals surface area contributed by atoms with Crippen LogP contribution in [0.1, 0.15) is 93.7 Å². The van der Waals surface area contributed by atoms with Gasteiger partial charge in [-0.05, 0) is 93.0 Å². The van der Waals surface area contributed by atoms with E-state index in [-0.39, 0.29) is 50.6 Å². The lowest BCUT2D eigenvalue weighted by Gasteiger charge is -2.50. The van der Waals surface area contributed by atoms with E-state index in [1.165, 1.54) is 56.8 Å². The molecule has 19 atom stereocenters. The van der Waals surface area contributed by atoms with Crippen molar-refractivity contribution in [1.82, 2.24) is 24.8 Å². The van der Waals surface area contributed by atoms with Gasteiger partial charge in [-0.15, -0.1) is 5.10 Å². The van der Waals surface area contributed by atoms with Crippen LogP contribution in [0.2, 0.25) is 0 Å². The molecule has 21 nitrogen and oxygen atoms in total. The lowest BCUT2D eigenvalue weighted by molar-refractivity contribution is -0.384. The number of aliphatic hydroxyl groups is 6. The van der Waals surface area contributed by atoms with E-state index in [1.807, 2.05) is 23.8 Å². The van der Waals surface area contributed by atoms with E-state index in [4.69, 9.17) is 28.4 Å². The molecule has 4 heterocycles. The van der Waals surface area contributed by atoms with Crippen molar-refractivity contribution in [2.24, 2.45) is 17.8 Å². The van der Waals surface area contributed by atoms with Gasteiger partial charge in [-0.3, -0.25) is 14.9 Å². The largest absolute Gasteiger partial charge is 0.491 e. The zero-order valence-electron chi connectivity index (χ0n) is 43.4. The Labute approximate surface area is 416 Å². The molecule has 0 saturated carbocycles. The molecule has 1 aromatic carbocycles. The third kappa shape index (κ3) is 14.0. The van der Waals surface area contributed by atoms with Crippen LogP contribution in [0.25, 0.3) is 0 Å². The van der Waals surface area contributed by atoms with Gasteiger partial charge in [-0.2, -0.15) is 0 Å². The number of nitro benzene ring substituents is 1. The van der Waals surface area contributed by atoms with Crippen molar-refractivity contribution in [3.8, 4) is 5.75 Å². The van der Waals surface area contributed by atoms with E-state index < -0.39 is 119 Å². The lowest BCUT2D eigenvalue weighted by Crippen LogP contribution is -2.63. The van der Waals surface area contributed by atoms with Gasteiger partial charge < -0.3 is 68.9 Å². The number of aromatic nitrogens is 3. The summed E-state index contributed by atoms with van der Waals surface area (Å²) in [6.07, 6.45) is -11.6. The number of halogens is 1. The maximum Gasteiger partial charge on any atom is 0.309 e. The highest BCUT2D eigenvalue weighted by Gasteiger charge is 2.56. The molecular formula is C49H81FN6O15. The Morgan fingerprint density at radius 2 is 1.70 bits per heavy atom. The van der Waals surface area contributed by atoms with Gasteiger partial charge in [0.15, 0.2) is 6.29 Å². The van der Waals surface area contributed by atoms with Crippen LogP contribution in [0.4, 0.5) is 10.1 Å². The zero-order valence-corrected chi connectivity index (χ0v) is 43.4. The van der Waals surface area contributed by atoms with Crippen molar-refractivity contribution in [1.29, 1.82) is 0 Å². The fourth-order valence-electron chi connectivity index (χ4n) is 10.7. The molecule has 2 aromatic rings. The molecule has 1 unspecified atom stereocenters. The molecule has 6 N–H and O–H groups in total. The second-order valence-corrected chi connectivity index (χ2v) is 21.3. The maximum absolute atomic E-state index is 18.5. The Morgan fingerprint density at radius 1 is 1.04 bits per heavy atom. The lowest BCUT2D eigenvalue weighted by atomic mass is 9.72. The highest BCUT2D eigenvalue weighted by atomic mass is 19.1. The van der Waals surface area contributed by atoms with Gasteiger partial charge in [0, 0.05) is 69.4 Å². The second-order valence-electron chi connectivity index (χ2n) is 21.3. The summed E-state index contributed by atoms with van der Waals surface area (Å²) in [5.74, 6) is -3.64. The summed E-state index contributed by atoms with van der Waals surface area (Å²) < 4.78 is 56.6. The van der Waals surface area contributed by atoms with E-state index in [2.05, 4.69) is 10.3 Å². The van der Waals surface area contributed by atoms with Crippen LogP contribution in [-0.4, -0.2) is 204 Å². The zero-order chi connectivity index (χ0) is 52.9. The van der Waals surface area contributed by atoms with E-state index in [1.54, 1.807) is 47.9 Å². The van der Waals surface area contributed by atoms with Crippen molar-refractivity contribution >= 4 is 11.7 Å². The quantitative estimate of drug-likeness (QED) is 0.0849. The maximum atomic E-state index is 18.5. The molecule has 0 aliphatic carbocycles. The first-order chi connectivity index (χ1) is 33.1. The number of rotatable bonds is 15. The highest BCUT2D eigenvalue weighted by Crippen LogP contribution is 2.44. The predicted octanol–water partition coefficient (Wildman–Crippen LogP) is 2.43. The molecule has 1 aromatic heterocycles. The normalized spacial score (nSPS) is 39.8. The fraction of sp³-hybridized carbons (Fsp3) is 0.816. The minimum Gasteiger partial charge on any atom is -0.491 e. The summed E-state index contributed by atoms with van der Waals surface area (Å²) in [5.41, 5.74) is -4.64. The van der Waals surface area contributed by atoms with Crippen LogP contribution in [0.3, 0.4) is 0 Å². The number of nitrogens with zero attached hydrogens (tertiary/aromatic N) is 6. The average Bonchev–Trinajstić information content (AvgIpc) is 3.76. The number of likely N-dealkylation sites (N-methyl/N-ethyl adjacent to an activating group) is 2. The number of ether oxygens (including phenoxy) is 6. The van der Waals surface area contributed by atoms with Crippen molar-refractivity contribution < 1.29 is 73.2 Å². The number of aliphatic hydroxyl groups excluding tert-OH is 4. The topological polar surface area (TPSA) is 274 Å². The Balaban J connectivity index is 1.39. The molecule has 0 radical (unpaired) electrons. The Hall–Kier alpha value is -3.52. The molecule has 3 aliphatic heterocycles. The van der Waals surface area contributed by atoms with Crippen molar-refractivity contribution in [3.05, 3.63) is 46.3 Å². The summed E-state index contributed by atoms with van der Waals surface area (Å²) in [6.45, 7) is 15.4. The van der Waals surface area contributed by atoms with Crippen LogP contribution in [-0.2, 0) is 41.4 Å². The first-order valence-corrected chi connectivity index (χ1v) is 24.8. The Kier molecular flexibility index (Phi) is 19.9. The molecule has 5 rings (SSSR count). The van der Waals surface area contributed by atoms with E-state index >= 15 is 4.39 Å². The third-order valence-corrected chi connectivity index (χ3v) is 15.2. The van der Waals surface area contributed by atoms with Gasteiger partial charge in [0.05, 0.1) is 52.6 Å². The van der Waals surface area contributed by atoms with Crippen molar-refractivity contribution in [3.63, 3.8) is 0 Å². The number of alkyl halides is 1. The Morgan fingerprint density at radius 3 is 2.32 bits per heavy atom. The van der Waals surface area contributed by atoms with Crippen molar-refractivity contribution in [2.45, 2.75) is 197 Å². The van der Waals surface area contributed by atoms with Gasteiger partial charge in [-0.25, -0.2) is 9.07 Å². The molecule has 404 valence electrons. The van der Waals surface area contributed by atoms with Crippen LogP contribution >= 0.6 is 0 Å². The summed E-state index contributed by atoms with van der Waals surface area (Å²) in [5, 5.41) is 89.3. The first-order valence-electron chi connectivity index (χ1n) is 24.8. The summed E-state index contributed by atoms with van der Waals surface area (Å²) in [6, 6.07) is 4.27. The monoisotopic (exact) mass is 1010 g/mol. The fourth-order valence-corrected chi connectivity index (χ4v) is 10.7. The number of esters is 1. The van der Waals surface area contributed by atoms with Gasteiger partial charge in [0.25, 0.3) is 5.69 Å². The smallest absolute Gasteiger partial charge is 0.309 e. The van der Waals surface area contributed by atoms with Gasteiger partial charge in [-0.1, -0.05) is 26.0 Å². The summed E-state index contributed by atoms with van der Waals surface area (Å²) in [7, 11) is 5.00. The molecule has 0 bridgehead atoms. The molecule has 3 aliphatic rings. The van der Waals surface area contributed by atoms with Gasteiger partial charge >= 0.3 is 5.97 Å². The standard InChI is InChI=1S/C49H81FN6O15/c1-13-38-49(9,63)42(59)30(5)54(11)23-27(2)21-47(7,62)44(40(50)39(29(4)45(61)70-38)37-22-48(8,66-12)43(60)31(6)69-37)71-46-41(58)36(20-28(3)68-46)53(10)19-18-32-24-55(52-51-32)25-34(57)26-67-35-16-14-33(15-17-35)56(64)65/h14-17,24,27-31,34,36-44,46,57-60,62-63H,13,18-23,25-26H2,1-12H3/t27-,28-,29-,30-,31+,34-,36+,37?,38-,39+,40+,41-,42-,43+,44-,46+,47-,48-,49-/m1/s1. The second kappa shape index (κ2) is 24.2. The number of benzene rings is 1. The minimum atomic E-state index is -2.21. The number of carbonyl (C=O) groups is 1. The van der Waals surface area contributed by atoms with Crippen molar-refractivity contribution in [2.75, 3.05) is 40.9 Å². The minimum absolute atomic E-state index is 0.0482. The molecule has 0 amide bonds. The summed E-state index contributed by atoms with van der Waals surface area (Å²) in [4.78, 5) is 28.6. The molecular weight excluding hydrogens is 932 g/mol. The Bertz CT molecular complexity index is 2020. The predicted molar refractivity (Wildman–Crippen MR) is 256 cm³/mol. The molecule has 71 heavy (non-hydrogen) atoms. The number of hydrogen-bond acceptors (Lipinski definition) is 19. The van der Waals surface area contributed by atoms with Gasteiger partial charge in [0.1, 0.15) is 60.8 Å². The molecule has 0 spiro atoms. The van der Waals surface area contributed by atoms with Crippen LogP contribution in [0.5, 0.6) is 5.75 Å². The number of cyclic esters (lactones) is 1. The SMILES string of the molecule is CC[C@H]1OC(=O)[C@H](C)[C@@H](C2C[C@@](C)(OC)[C@@H](O)[C@H](C)O2)[C@H](F)[C@@H](O[C@@H]2O[C@H](C)C[C@H](N(C)CCc3cn(C[C@@H](O)COc4ccc([N+](=O)[O-])cc4)nn3)[C@H]2O)[C@](C)(O)C[C@@H](C)CN(C)[C@H](C)[C@@H](O)[C@]1(C)O. The average molecular weight is 1010 g/mol. The number of hydrogen-bond donors (Lipinski definition) is 6. The van der Waals surface area contributed by atoms with Crippen LogP contribution < -0.4 is 4.74 Å². The van der Waals surface area contributed by atoms with Gasteiger partial charge in [0.2, 0.25) is 0 Å². The molecule has 3 saturated heterocycles. The molecule has 3 fully saturated rings. The number of methoxy groups -OCH3 is 1. The van der Waals surface area contributed by atoms with E-state index in [9.17, 15) is 45.5 Å². The van der Waals surface area contributed by atoms with E-state index in [0.717, 1.165) is 0 Å². The highest BCUT2D eigenvalue weighted by molar-refractivity contribution is 5.73. The summed E-state index contributed by atoms with van der Waals surface area (Å²) >= 11 is 0. The molecule has 22 heteroatoms. The number of carbonyl (C=O) groups excluding carboxylic acids is 1. The number of nitro groups is 1. The third-order valence-electron chi connectivity index (χ3n) is 15.2. The van der Waals surface area contributed by atoms with E-state index in [0.29, 0.717) is 30.8 Å².